The highest BCUT2D eigenvalue weighted by molar-refractivity contribution is 7.05. The molecule has 0 aliphatic heterocycles. The van der Waals surface area contributed by atoms with Gasteiger partial charge in [0.05, 0.1) is 13.2 Å². The number of ether oxygens (including phenoxy) is 1. The first-order valence-electron chi connectivity index (χ1n) is 4.80. The van der Waals surface area contributed by atoms with E-state index in [1.807, 2.05) is 13.0 Å². The molecule has 1 atom stereocenters. The molecule has 92 valence electrons. The first kappa shape index (κ1) is 13.8. The Labute approximate surface area is 110 Å². The number of rotatable bonds is 3. The van der Waals surface area contributed by atoms with Crippen molar-refractivity contribution in [2.45, 2.75) is 13.0 Å². The van der Waals surface area contributed by atoms with E-state index >= 15 is 0 Å². The molecule has 2 N–H and O–H groups in total. The van der Waals surface area contributed by atoms with Gasteiger partial charge in [-0.2, -0.15) is 4.37 Å². The maximum atomic E-state index is 5.73. The van der Waals surface area contributed by atoms with Gasteiger partial charge in [0.25, 0.3) is 0 Å². The molecule has 2 aromatic heterocycles. The number of hydrogen-bond donors (Lipinski definition) is 1. The Hall–Kier alpha value is -1.24. The van der Waals surface area contributed by atoms with Gasteiger partial charge in [-0.1, -0.05) is 0 Å². The highest BCUT2D eigenvalue weighted by Crippen LogP contribution is 2.22. The highest BCUT2D eigenvalue weighted by atomic mass is 35.5. The molecule has 0 fully saturated rings. The van der Waals surface area contributed by atoms with Crippen molar-refractivity contribution in [1.82, 2.24) is 14.3 Å². The summed E-state index contributed by atoms with van der Waals surface area (Å²) in [5, 5.41) is 0.825. The predicted molar refractivity (Wildman–Crippen MR) is 69.5 cm³/mol. The van der Waals surface area contributed by atoms with E-state index in [9.17, 15) is 0 Å². The molecule has 17 heavy (non-hydrogen) atoms. The lowest BCUT2D eigenvalue weighted by Gasteiger charge is -1.99. The molecule has 0 bridgehead atoms. The maximum absolute atomic E-state index is 5.73. The van der Waals surface area contributed by atoms with Crippen molar-refractivity contribution in [2.75, 3.05) is 7.11 Å². The number of hydrogen-bond acceptors (Lipinski definition) is 6. The van der Waals surface area contributed by atoms with Gasteiger partial charge in [0, 0.05) is 17.8 Å². The molecule has 7 heteroatoms. The van der Waals surface area contributed by atoms with Crippen LogP contribution in [0.1, 0.15) is 18.0 Å². The fraction of sp³-hybridized carbons (Fsp3) is 0.300. The lowest BCUT2D eigenvalue weighted by atomic mass is 10.2. The minimum atomic E-state index is -0.0880. The standard InChI is InChI=1S/C10H12N4OS.ClH/c1-6(11)10-13-9(14-16-10)7-3-4-12-8(5-7)15-2;/h3-6H,11H2,1-2H3;1H. The van der Waals surface area contributed by atoms with Crippen LogP contribution in [0.25, 0.3) is 11.4 Å². The van der Waals surface area contributed by atoms with Crippen LogP contribution in [0.4, 0.5) is 0 Å². The van der Waals surface area contributed by atoms with E-state index in [1.54, 1.807) is 19.4 Å². The van der Waals surface area contributed by atoms with Crippen LogP contribution in [0.3, 0.4) is 0 Å². The second kappa shape index (κ2) is 5.90. The summed E-state index contributed by atoms with van der Waals surface area (Å²) >= 11 is 1.32. The maximum Gasteiger partial charge on any atom is 0.213 e. The van der Waals surface area contributed by atoms with Crippen molar-refractivity contribution in [3.05, 3.63) is 23.3 Å². The predicted octanol–water partition coefficient (Wildman–Crippen LogP) is 2.05. The molecule has 0 saturated carbocycles. The van der Waals surface area contributed by atoms with Gasteiger partial charge in [0.15, 0.2) is 5.82 Å². The third-order valence-electron chi connectivity index (χ3n) is 2.03. The fourth-order valence-corrected chi connectivity index (χ4v) is 1.82. The van der Waals surface area contributed by atoms with Gasteiger partial charge in [0.1, 0.15) is 5.01 Å². The van der Waals surface area contributed by atoms with E-state index < -0.39 is 0 Å². The van der Waals surface area contributed by atoms with Crippen LogP contribution >= 0.6 is 23.9 Å². The van der Waals surface area contributed by atoms with Gasteiger partial charge < -0.3 is 10.5 Å². The Bertz CT molecular complexity index is 489. The summed E-state index contributed by atoms with van der Waals surface area (Å²) in [5.41, 5.74) is 6.62. The van der Waals surface area contributed by atoms with Crippen LogP contribution in [-0.4, -0.2) is 21.5 Å². The Morgan fingerprint density at radius 2 is 2.24 bits per heavy atom. The van der Waals surface area contributed by atoms with E-state index in [4.69, 9.17) is 10.5 Å². The lowest BCUT2D eigenvalue weighted by molar-refractivity contribution is 0.398. The average Bonchev–Trinajstić information content (AvgIpc) is 2.78. The van der Waals surface area contributed by atoms with Gasteiger partial charge in [-0.05, 0) is 24.5 Å². The average molecular weight is 273 g/mol. The molecular formula is C10H13ClN4OS. The zero-order chi connectivity index (χ0) is 11.5. The van der Waals surface area contributed by atoms with E-state index in [2.05, 4.69) is 14.3 Å². The summed E-state index contributed by atoms with van der Waals surface area (Å²) in [6, 6.07) is 3.55. The minimum absolute atomic E-state index is 0. The van der Waals surface area contributed by atoms with E-state index in [1.165, 1.54) is 11.5 Å². The molecule has 0 spiro atoms. The Balaban J connectivity index is 0.00000144. The number of nitrogens with zero attached hydrogens (tertiary/aromatic N) is 3. The van der Waals surface area contributed by atoms with Crippen molar-refractivity contribution in [3.63, 3.8) is 0 Å². The van der Waals surface area contributed by atoms with Gasteiger partial charge in [0.2, 0.25) is 5.88 Å². The van der Waals surface area contributed by atoms with Gasteiger partial charge in [-0.25, -0.2) is 9.97 Å². The molecule has 5 nitrogen and oxygen atoms in total. The first-order chi connectivity index (χ1) is 7.70. The zero-order valence-corrected chi connectivity index (χ0v) is 11.1. The second-order valence-corrected chi connectivity index (χ2v) is 4.12. The van der Waals surface area contributed by atoms with Crippen molar-refractivity contribution in [2.24, 2.45) is 5.73 Å². The molecule has 2 rings (SSSR count). The van der Waals surface area contributed by atoms with Crippen molar-refractivity contribution in [3.8, 4) is 17.3 Å². The van der Waals surface area contributed by atoms with Crippen LogP contribution in [0.2, 0.25) is 0 Å². The quantitative estimate of drug-likeness (QED) is 0.926. The normalized spacial score (nSPS) is 11.7. The summed E-state index contributed by atoms with van der Waals surface area (Å²) in [7, 11) is 1.58. The Morgan fingerprint density at radius 3 is 2.82 bits per heavy atom. The van der Waals surface area contributed by atoms with Crippen LogP contribution in [0.5, 0.6) is 5.88 Å². The lowest BCUT2D eigenvalue weighted by Crippen LogP contribution is -2.03. The summed E-state index contributed by atoms with van der Waals surface area (Å²) in [4.78, 5) is 8.38. The van der Waals surface area contributed by atoms with Gasteiger partial charge >= 0.3 is 0 Å². The number of halogens is 1. The van der Waals surface area contributed by atoms with Crippen molar-refractivity contribution in [1.29, 1.82) is 0 Å². The van der Waals surface area contributed by atoms with Gasteiger partial charge in [-0.15, -0.1) is 12.4 Å². The minimum Gasteiger partial charge on any atom is -0.481 e. The first-order valence-corrected chi connectivity index (χ1v) is 5.57. The fourth-order valence-electron chi connectivity index (χ4n) is 1.20. The van der Waals surface area contributed by atoms with Crippen molar-refractivity contribution >= 4 is 23.9 Å². The van der Waals surface area contributed by atoms with Crippen LogP contribution in [0, 0.1) is 0 Å². The van der Waals surface area contributed by atoms with Gasteiger partial charge in [-0.3, -0.25) is 0 Å². The van der Waals surface area contributed by atoms with Crippen LogP contribution < -0.4 is 10.5 Å². The smallest absolute Gasteiger partial charge is 0.213 e. The summed E-state index contributed by atoms with van der Waals surface area (Å²) in [6.45, 7) is 1.89. The Morgan fingerprint density at radius 1 is 1.47 bits per heavy atom. The largest absolute Gasteiger partial charge is 0.481 e. The zero-order valence-electron chi connectivity index (χ0n) is 9.45. The summed E-state index contributed by atoms with van der Waals surface area (Å²) in [6.07, 6.45) is 1.67. The second-order valence-electron chi connectivity index (χ2n) is 3.33. The summed E-state index contributed by atoms with van der Waals surface area (Å²) < 4.78 is 9.29. The molecule has 2 aromatic rings. The molecule has 1 unspecified atom stereocenters. The molecule has 0 radical (unpaired) electrons. The van der Waals surface area contributed by atoms with Crippen LogP contribution in [-0.2, 0) is 0 Å². The number of pyridine rings is 1. The SMILES string of the molecule is COc1cc(-c2nsc(C(C)N)n2)ccn1.Cl. The van der Waals surface area contributed by atoms with E-state index in [-0.39, 0.29) is 18.4 Å². The number of aromatic nitrogens is 3. The molecule has 0 aromatic carbocycles. The third-order valence-corrected chi connectivity index (χ3v) is 2.95. The molecule has 0 saturated heterocycles. The van der Waals surface area contributed by atoms with Crippen molar-refractivity contribution < 1.29 is 4.74 Å². The third kappa shape index (κ3) is 3.12. The van der Waals surface area contributed by atoms with E-state index in [0.29, 0.717) is 11.7 Å². The monoisotopic (exact) mass is 272 g/mol. The molecule has 0 aliphatic carbocycles. The molecule has 0 amide bonds. The number of nitrogens with two attached hydrogens (primary N) is 1. The van der Waals surface area contributed by atoms with Crippen LogP contribution in [0.15, 0.2) is 18.3 Å². The van der Waals surface area contributed by atoms with E-state index in [0.717, 1.165) is 10.6 Å². The molecule has 0 aliphatic rings. The topological polar surface area (TPSA) is 73.9 Å². The Kier molecular flexibility index (Phi) is 4.80. The summed E-state index contributed by atoms with van der Waals surface area (Å²) in [5.74, 6) is 1.22. The highest BCUT2D eigenvalue weighted by Gasteiger charge is 2.10. The molecular weight excluding hydrogens is 260 g/mol. The number of methoxy groups -OCH3 is 1. The molecule has 2 heterocycles.